The normalized spacial score (nSPS) is 17.2. The van der Waals surface area contributed by atoms with Crippen LogP contribution in [0.1, 0.15) is 75.4 Å². The maximum absolute atomic E-state index is 5.38. The summed E-state index contributed by atoms with van der Waals surface area (Å²) in [5, 5.41) is 17.1. The van der Waals surface area contributed by atoms with E-state index in [2.05, 4.69) is 39.5 Å². The summed E-state index contributed by atoms with van der Waals surface area (Å²) in [5.41, 5.74) is 0. The summed E-state index contributed by atoms with van der Waals surface area (Å²) in [6.45, 7) is 4.21. The molecule has 1 saturated carbocycles. The number of aromatic nitrogens is 6. The highest BCUT2D eigenvalue weighted by Crippen LogP contribution is 2.36. The van der Waals surface area contributed by atoms with Gasteiger partial charge < -0.3 is 4.52 Å². The van der Waals surface area contributed by atoms with Gasteiger partial charge in [-0.1, -0.05) is 43.1 Å². The molecule has 120 valence electrons. The first-order valence-electron chi connectivity index (χ1n) is 8.05. The van der Waals surface area contributed by atoms with E-state index in [1.165, 1.54) is 12.8 Å². The molecular formula is C14H22N6OS. The van der Waals surface area contributed by atoms with Crippen LogP contribution in [0, 0.1) is 0 Å². The van der Waals surface area contributed by atoms with Gasteiger partial charge in [0.15, 0.2) is 5.82 Å². The lowest BCUT2D eigenvalue weighted by atomic mass is 10.2. The van der Waals surface area contributed by atoms with Gasteiger partial charge in [0.05, 0.1) is 11.3 Å². The highest BCUT2D eigenvalue weighted by Gasteiger charge is 2.24. The smallest absolute Gasteiger partial charge is 0.239 e. The van der Waals surface area contributed by atoms with Crippen molar-refractivity contribution in [2.75, 3.05) is 0 Å². The van der Waals surface area contributed by atoms with Gasteiger partial charge >= 0.3 is 0 Å². The Hall–Kier alpha value is -1.44. The first-order chi connectivity index (χ1) is 10.8. The summed E-state index contributed by atoms with van der Waals surface area (Å²) in [7, 11) is 0. The minimum Gasteiger partial charge on any atom is -0.338 e. The molecule has 3 rings (SSSR count). The Kier molecular flexibility index (Phi) is 5.07. The standard InChI is InChI=1S/C14H22N6OS/c1-3-4-9-12-15-13(21-17-12)10(2)22-14-16-18-19-20(14)11-7-5-6-8-11/h10-11H,3-9H2,1-2H3. The van der Waals surface area contributed by atoms with E-state index in [9.17, 15) is 0 Å². The zero-order valence-electron chi connectivity index (χ0n) is 13.1. The fourth-order valence-corrected chi connectivity index (χ4v) is 3.61. The van der Waals surface area contributed by atoms with Crippen LogP contribution >= 0.6 is 11.8 Å². The van der Waals surface area contributed by atoms with Crippen LogP contribution < -0.4 is 0 Å². The molecule has 1 unspecified atom stereocenters. The Bertz CT molecular complexity index is 592. The molecule has 0 aromatic carbocycles. The topological polar surface area (TPSA) is 82.5 Å². The van der Waals surface area contributed by atoms with Crippen molar-refractivity contribution in [3.63, 3.8) is 0 Å². The Morgan fingerprint density at radius 2 is 2.18 bits per heavy atom. The third-order valence-corrected chi connectivity index (χ3v) is 5.04. The van der Waals surface area contributed by atoms with E-state index < -0.39 is 0 Å². The van der Waals surface area contributed by atoms with E-state index in [-0.39, 0.29) is 5.25 Å². The van der Waals surface area contributed by atoms with Crippen LogP contribution in [0.5, 0.6) is 0 Å². The molecule has 0 spiro atoms. The monoisotopic (exact) mass is 322 g/mol. The Morgan fingerprint density at radius 1 is 1.36 bits per heavy atom. The first-order valence-corrected chi connectivity index (χ1v) is 8.93. The Labute approximate surface area is 134 Å². The first kappa shape index (κ1) is 15.5. The number of hydrogen-bond acceptors (Lipinski definition) is 7. The van der Waals surface area contributed by atoms with Crippen LogP contribution in [-0.4, -0.2) is 30.3 Å². The maximum atomic E-state index is 5.38. The minimum atomic E-state index is 0.0500. The molecule has 0 aliphatic heterocycles. The molecule has 2 aromatic heterocycles. The summed E-state index contributed by atoms with van der Waals surface area (Å²) in [4.78, 5) is 4.48. The number of tetrazole rings is 1. The van der Waals surface area contributed by atoms with E-state index in [4.69, 9.17) is 4.52 Å². The Balaban J connectivity index is 1.65. The largest absolute Gasteiger partial charge is 0.338 e. The summed E-state index contributed by atoms with van der Waals surface area (Å²) in [6, 6.07) is 0.438. The lowest BCUT2D eigenvalue weighted by molar-refractivity contribution is 0.373. The van der Waals surface area contributed by atoms with Gasteiger partial charge in [-0.05, 0) is 36.6 Å². The van der Waals surface area contributed by atoms with Crippen LogP contribution in [0.2, 0.25) is 0 Å². The second-order valence-corrected chi connectivity index (χ2v) is 7.06. The lowest BCUT2D eigenvalue weighted by Gasteiger charge is -2.12. The van der Waals surface area contributed by atoms with Gasteiger partial charge in [0.25, 0.3) is 0 Å². The highest BCUT2D eigenvalue weighted by atomic mass is 32.2. The quantitative estimate of drug-likeness (QED) is 0.723. The van der Waals surface area contributed by atoms with Crippen LogP contribution in [0.3, 0.4) is 0 Å². The summed E-state index contributed by atoms with van der Waals surface area (Å²) in [5.74, 6) is 1.44. The van der Waals surface area contributed by atoms with E-state index >= 15 is 0 Å². The van der Waals surface area contributed by atoms with E-state index in [0.29, 0.717) is 11.9 Å². The number of aryl methyl sites for hydroxylation is 1. The second kappa shape index (κ2) is 7.21. The van der Waals surface area contributed by atoms with Crippen molar-refractivity contribution in [2.24, 2.45) is 0 Å². The molecule has 22 heavy (non-hydrogen) atoms. The zero-order chi connectivity index (χ0) is 15.4. The predicted molar refractivity (Wildman–Crippen MR) is 82.5 cm³/mol. The number of unbranched alkanes of at least 4 members (excludes halogenated alkanes) is 1. The fraction of sp³-hybridized carbons (Fsp3) is 0.786. The number of hydrogen-bond donors (Lipinski definition) is 0. The van der Waals surface area contributed by atoms with E-state index in [0.717, 1.165) is 43.1 Å². The average Bonchev–Trinajstić information content (AvgIpc) is 3.25. The van der Waals surface area contributed by atoms with Crippen molar-refractivity contribution in [3.8, 4) is 0 Å². The van der Waals surface area contributed by atoms with Gasteiger partial charge in [-0.3, -0.25) is 0 Å². The lowest BCUT2D eigenvalue weighted by Crippen LogP contribution is -2.08. The molecule has 8 heteroatoms. The summed E-state index contributed by atoms with van der Waals surface area (Å²) in [6.07, 6.45) is 7.93. The van der Waals surface area contributed by atoms with E-state index in [1.807, 2.05) is 4.68 Å². The number of rotatable bonds is 7. The van der Waals surface area contributed by atoms with Crippen molar-refractivity contribution in [1.82, 2.24) is 30.3 Å². The predicted octanol–water partition coefficient (Wildman–Crippen LogP) is 3.37. The van der Waals surface area contributed by atoms with Crippen LogP contribution in [-0.2, 0) is 6.42 Å². The van der Waals surface area contributed by atoms with Crippen LogP contribution in [0.15, 0.2) is 9.68 Å². The third-order valence-electron chi connectivity index (χ3n) is 4.00. The number of nitrogens with zero attached hydrogens (tertiary/aromatic N) is 6. The Morgan fingerprint density at radius 3 is 2.95 bits per heavy atom. The molecule has 0 radical (unpaired) electrons. The van der Waals surface area contributed by atoms with Gasteiger partial charge in [0.2, 0.25) is 11.0 Å². The molecule has 1 fully saturated rings. The molecule has 2 heterocycles. The van der Waals surface area contributed by atoms with Crippen molar-refractivity contribution >= 4 is 11.8 Å². The van der Waals surface area contributed by atoms with Crippen molar-refractivity contribution in [3.05, 3.63) is 11.7 Å². The molecule has 0 saturated heterocycles. The van der Waals surface area contributed by atoms with Gasteiger partial charge in [0, 0.05) is 6.42 Å². The summed E-state index contributed by atoms with van der Waals surface area (Å²) >= 11 is 1.58. The third kappa shape index (κ3) is 3.48. The van der Waals surface area contributed by atoms with Crippen LogP contribution in [0.4, 0.5) is 0 Å². The minimum absolute atomic E-state index is 0.0500. The molecule has 0 bridgehead atoms. The SMILES string of the molecule is CCCCc1noc(C(C)Sc2nnnn2C2CCCC2)n1. The second-order valence-electron chi connectivity index (χ2n) is 5.76. The molecule has 7 nitrogen and oxygen atoms in total. The van der Waals surface area contributed by atoms with Gasteiger partial charge in [-0.25, -0.2) is 4.68 Å². The van der Waals surface area contributed by atoms with Crippen molar-refractivity contribution < 1.29 is 4.52 Å². The molecule has 1 aliphatic carbocycles. The number of thioether (sulfide) groups is 1. The fourth-order valence-electron chi connectivity index (χ4n) is 2.72. The van der Waals surface area contributed by atoms with Gasteiger partial charge in [-0.2, -0.15) is 4.98 Å². The van der Waals surface area contributed by atoms with Gasteiger partial charge in [-0.15, -0.1) is 5.10 Å². The zero-order valence-corrected chi connectivity index (χ0v) is 13.9. The van der Waals surface area contributed by atoms with Crippen molar-refractivity contribution in [2.45, 2.75) is 75.2 Å². The highest BCUT2D eigenvalue weighted by molar-refractivity contribution is 7.99. The molecule has 1 atom stereocenters. The van der Waals surface area contributed by atoms with Gasteiger partial charge in [0.1, 0.15) is 0 Å². The van der Waals surface area contributed by atoms with Crippen molar-refractivity contribution in [1.29, 1.82) is 0 Å². The maximum Gasteiger partial charge on any atom is 0.239 e. The van der Waals surface area contributed by atoms with Crippen LogP contribution in [0.25, 0.3) is 0 Å². The molecule has 2 aromatic rings. The molecule has 1 aliphatic rings. The molecule has 0 N–H and O–H groups in total. The summed E-state index contributed by atoms with van der Waals surface area (Å²) < 4.78 is 7.34. The molecular weight excluding hydrogens is 300 g/mol. The average molecular weight is 322 g/mol. The molecule has 0 amide bonds. The van der Waals surface area contributed by atoms with E-state index in [1.54, 1.807) is 11.8 Å².